The fraction of sp³-hybridized carbons (Fsp3) is 0.207. The number of benzene rings is 2. The number of rotatable bonds is 6. The number of fused-ring (bicyclic) bond motifs is 4. The Bertz CT molecular complexity index is 2050. The minimum Gasteiger partial charge on any atom is -0.497 e. The van der Waals surface area contributed by atoms with Gasteiger partial charge in [0, 0.05) is 60.8 Å². The zero-order valence-corrected chi connectivity index (χ0v) is 23.6. The lowest BCUT2D eigenvalue weighted by molar-refractivity contribution is -0.129. The predicted octanol–water partition coefficient (Wildman–Crippen LogP) is 4.19. The number of aryl methyl sites for hydroxylation is 2. The van der Waals surface area contributed by atoms with E-state index in [1.165, 1.54) is 8.87 Å². The van der Waals surface area contributed by atoms with E-state index >= 15 is 0 Å². The van der Waals surface area contributed by atoms with Crippen molar-refractivity contribution in [2.24, 2.45) is 7.05 Å². The predicted molar refractivity (Wildman–Crippen MR) is 154 cm³/mol. The van der Waals surface area contributed by atoms with Gasteiger partial charge in [-0.05, 0) is 43.3 Å². The standard InChI is InChI=1S/C29H28N6O4S/c1-18-6-9-21(10-7-18)40(37,38)35-26(13-23-28-19(14-30-29(23)35)15-31-33(28)4)24-16-34(17-27(36)32(2)3)25-11-8-20(39-5)12-22(24)25/h6-16H,17H2,1-5H3. The van der Waals surface area contributed by atoms with Gasteiger partial charge in [0.2, 0.25) is 5.91 Å². The summed E-state index contributed by atoms with van der Waals surface area (Å²) in [6.07, 6.45) is 5.16. The number of methoxy groups -OCH3 is 1. The Kier molecular flexibility index (Phi) is 5.91. The first-order valence-corrected chi connectivity index (χ1v) is 14.1. The lowest BCUT2D eigenvalue weighted by Crippen LogP contribution is -2.25. The summed E-state index contributed by atoms with van der Waals surface area (Å²) < 4.78 is 39.0. The second-order valence-electron chi connectivity index (χ2n) is 10.0. The van der Waals surface area contributed by atoms with Crippen molar-refractivity contribution in [3.63, 3.8) is 0 Å². The first kappa shape index (κ1) is 25.6. The SMILES string of the molecule is COc1ccc2c(c1)c(-c1cc3c4c(cnc3n1S(=O)(=O)c1ccc(C)cc1)cnn4C)cn2CC(=O)N(C)C. The summed E-state index contributed by atoms with van der Waals surface area (Å²) in [4.78, 5) is 19.0. The van der Waals surface area contributed by atoms with E-state index in [0.717, 1.165) is 27.4 Å². The second kappa shape index (κ2) is 9.23. The third kappa shape index (κ3) is 3.92. The number of hydrogen-bond donors (Lipinski definition) is 0. The van der Waals surface area contributed by atoms with Crippen LogP contribution in [0.2, 0.25) is 0 Å². The maximum Gasteiger partial charge on any atom is 0.269 e. The number of nitrogens with zero attached hydrogens (tertiary/aromatic N) is 6. The van der Waals surface area contributed by atoms with Crippen molar-refractivity contribution in [3.05, 3.63) is 72.7 Å². The molecule has 1 amide bonds. The van der Waals surface area contributed by atoms with Gasteiger partial charge in [-0.25, -0.2) is 17.4 Å². The van der Waals surface area contributed by atoms with Crippen molar-refractivity contribution >= 4 is 48.8 Å². The molecule has 6 rings (SSSR count). The molecule has 0 aliphatic rings. The molecule has 4 heterocycles. The highest BCUT2D eigenvalue weighted by atomic mass is 32.2. The fourth-order valence-electron chi connectivity index (χ4n) is 5.06. The van der Waals surface area contributed by atoms with Gasteiger partial charge < -0.3 is 14.2 Å². The second-order valence-corrected chi connectivity index (χ2v) is 11.8. The van der Waals surface area contributed by atoms with Crippen LogP contribution in [-0.2, 0) is 28.4 Å². The Hall–Kier alpha value is -4.64. The minimum atomic E-state index is -4.09. The number of likely N-dealkylation sites (N-methyl/N-ethyl adjacent to an activating group) is 1. The summed E-state index contributed by atoms with van der Waals surface area (Å²) in [6, 6.07) is 14.1. The van der Waals surface area contributed by atoms with Crippen LogP contribution in [0.3, 0.4) is 0 Å². The van der Waals surface area contributed by atoms with Crippen molar-refractivity contribution in [3.8, 4) is 17.0 Å². The molecule has 0 radical (unpaired) electrons. The third-order valence-electron chi connectivity index (χ3n) is 7.21. The lowest BCUT2D eigenvalue weighted by Gasteiger charge is -2.12. The first-order chi connectivity index (χ1) is 19.1. The zero-order valence-electron chi connectivity index (χ0n) is 22.8. The molecule has 40 heavy (non-hydrogen) atoms. The van der Waals surface area contributed by atoms with Gasteiger partial charge in [0.05, 0.1) is 29.4 Å². The Morgan fingerprint density at radius 2 is 1.77 bits per heavy atom. The number of pyridine rings is 1. The highest BCUT2D eigenvalue weighted by molar-refractivity contribution is 7.90. The van der Waals surface area contributed by atoms with Crippen LogP contribution in [0.25, 0.3) is 44.1 Å². The van der Waals surface area contributed by atoms with E-state index in [4.69, 9.17) is 4.74 Å². The summed E-state index contributed by atoms with van der Waals surface area (Å²) in [7, 11) is 2.72. The molecule has 10 nitrogen and oxygen atoms in total. The van der Waals surface area contributed by atoms with Crippen LogP contribution >= 0.6 is 0 Å². The fourth-order valence-corrected chi connectivity index (χ4v) is 6.53. The summed E-state index contributed by atoms with van der Waals surface area (Å²) in [6.45, 7) is 2.00. The molecule has 0 aliphatic heterocycles. The first-order valence-electron chi connectivity index (χ1n) is 12.6. The number of carbonyl (C=O) groups excluding carboxylic acids is 1. The van der Waals surface area contributed by atoms with E-state index in [0.29, 0.717) is 28.0 Å². The van der Waals surface area contributed by atoms with Gasteiger partial charge in [-0.3, -0.25) is 9.48 Å². The molecular formula is C29H28N6O4S. The Labute approximate surface area is 231 Å². The van der Waals surface area contributed by atoms with Crippen molar-refractivity contribution in [1.82, 2.24) is 28.2 Å². The molecule has 0 saturated heterocycles. The summed E-state index contributed by atoms with van der Waals surface area (Å²) in [5.41, 5.74) is 3.84. The summed E-state index contributed by atoms with van der Waals surface area (Å²) in [5.74, 6) is 0.520. The average Bonchev–Trinajstić information content (AvgIpc) is 3.61. The number of ether oxygens (including phenoxy) is 1. The van der Waals surface area contributed by atoms with E-state index in [1.807, 2.05) is 49.0 Å². The maximum atomic E-state index is 14.3. The van der Waals surface area contributed by atoms with Crippen molar-refractivity contribution < 1.29 is 17.9 Å². The van der Waals surface area contributed by atoms with E-state index in [9.17, 15) is 13.2 Å². The Balaban J connectivity index is 1.72. The highest BCUT2D eigenvalue weighted by Crippen LogP contribution is 2.39. The summed E-state index contributed by atoms with van der Waals surface area (Å²) in [5, 5.41) is 6.56. The van der Waals surface area contributed by atoms with Gasteiger partial charge in [-0.15, -0.1) is 0 Å². The van der Waals surface area contributed by atoms with Crippen LogP contribution in [0.4, 0.5) is 0 Å². The molecule has 204 valence electrons. The maximum absolute atomic E-state index is 14.3. The third-order valence-corrected chi connectivity index (χ3v) is 8.93. The van der Waals surface area contributed by atoms with Gasteiger partial charge in [-0.2, -0.15) is 5.10 Å². The van der Waals surface area contributed by atoms with Gasteiger partial charge in [0.25, 0.3) is 10.0 Å². The zero-order chi connectivity index (χ0) is 28.3. The van der Waals surface area contributed by atoms with E-state index in [1.54, 1.807) is 62.5 Å². The molecule has 0 aliphatic carbocycles. The van der Waals surface area contributed by atoms with Crippen molar-refractivity contribution in [2.75, 3.05) is 21.2 Å². The van der Waals surface area contributed by atoms with Crippen LogP contribution < -0.4 is 4.74 Å². The van der Waals surface area contributed by atoms with Gasteiger partial charge in [0.1, 0.15) is 12.3 Å². The lowest BCUT2D eigenvalue weighted by atomic mass is 10.1. The molecule has 4 aromatic heterocycles. The van der Waals surface area contributed by atoms with E-state index in [-0.39, 0.29) is 17.3 Å². The van der Waals surface area contributed by atoms with Crippen LogP contribution in [0.5, 0.6) is 5.75 Å². The van der Waals surface area contributed by atoms with E-state index < -0.39 is 10.0 Å². The highest BCUT2D eigenvalue weighted by Gasteiger charge is 2.28. The molecule has 0 bridgehead atoms. The van der Waals surface area contributed by atoms with Gasteiger partial charge >= 0.3 is 0 Å². The topological polar surface area (TPSA) is 104 Å². The molecular weight excluding hydrogens is 528 g/mol. The van der Waals surface area contributed by atoms with Gasteiger partial charge in [-0.1, -0.05) is 17.7 Å². The molecule has 0 atom stereocenters. The Morgan fingerprint density at radius 1 is 1.02 bits per heavy atom. The van der Waals surface area contributed by atoms with E-state index in [2.05, 4.69) is 10.1 Å². The molecule has 0 fully saturated rings. The molecule has 0 saturated carbocycles. The van der Waals surface area contributed by atoms with Crippen LogP contribution in [-0.4, -0.2) is 63.7 Å². The van der Waals surface area contributed by atoms with Crippen LogP contribution in [0.1, 0.15) is 5.56 Å². The average molecular weight is 557 g/mol. The molecule has 6 aromatic rings. The molecule has 0 spiro atoms. The molecule has 2 aromatic carbocycles. The molecule has 11 heteroatoms. The molecule has 0 N–H and O–H groups in total. The number of amides is 1. The Morgan fingerprint density at radius 3 is 2.48 bits per heavy atom. The molecule has 0 unspecified atom stereocenters. The normalized spacial score (nSPS) is 12.0. The quantitative estimate of drug-likeness (QED) is 0.305. The largest absolute Gasteiger partial charge is 0.497 e. The monoisotopic (exact) mass is 556 g/mol. The number of hydrogen-bond acceptors (Lipinski definition) is 6. The summed E-state index contributed by atoms with van der Waals surface area (Å²) >= 11 is 0. The van der Waals surface area contributed by atoms with Crippen molar-refractivity contribution in [2.45, 2.75) is 18.4 Å². The van der Waals surface area contributed by atoms with Crippen LogP contribution in [0.15, 0.2) is 72.0 Å². The van der Waals surface area contributed by atoms with Crippen LogP contribution in [0, 0.1) is 6.92 Å². The minimum absolute atomic E-state index is 0.0883. The smallest absolute Gasteiger partial charge is 0.269 e. The number of aromatic nitrogens is 5. The number of carbonyl (C=O) groups is 1. The van der Waals surface area contributed by atoms with Gasteiger partial charge in [0.15, 0.2) is 5.65 Å². The van der Waals surface area contributed by atoms with Crippen molar-refractivity contribution in [1.29, 1.82) is 0 Å².